The second-order valence-electron chi connectivity index (χ2n) is 7.22. The van der Waals surface area contributed by atoms with Crippen LogP contribution in [-0.4, -0.2) is 22.7 Å². The van der Waals surface area contributed by atoms with Crippen molar-refractivity contribution in [2.75, 3.05) is 0 Å². The van der Waals surface area contributed by atoms with Crippen LogP contribution >= 0.6 is 23.2 Å². The van der Waals surface area contributed by atoms with E-state index in [1.54, 1.807) is 0 Å². The average Bonchev–Trinajstić information content (AvgIpc) is 2.23. The van der Waals surface area contributed by atoms with E-state index in [1.807, 2.05) is 25.1 Å². The third kappa shape index (κ3) is 6.42. The molecule has 0 aliphatic carbocycles. The summed E-state index contributed by atoms with van der Waals surface area (Å²) in [6, 6.07) is 5.55. The van der Waals surface area contributed by atoms with Crippen LogP contribution in [-0.2, 0) is 8.85 Å². The largest absolute Gasteiger partial charge is 0.412 e. The number of hydrogen-bond donors (Lipinski definition) is 0. The van der Waals surface area contributed by atoms with E-state index in [2.05, 4.69) is 39.3 Å². The molecule has 0 aliphatic heterocycles. The summed E-state index contributed by atoms with van der Waals surface area (Å²) in [6.45, 7) is 15.0. The first-order chi connectivity index (χ1) is 9.41. The molecular formula is C15H26Cl2O2Si2. The van der Waals surface area contributed by atoms with Crippen LogP contribution in [0.3, 0.4) is 0 Å². The molecule has 0 radical (unpaired) electrons. The lowest BCUT2D eigenvalue weighted by Crippen LogP contribution is -2.39. The van der Waals surface area contributed by atoms with Gasteiger partial charge in [-0.2, -0.15) is 0 Å². The molecule has 1 rings (SSSR count). The molecule has 0 fully saturated rings. The summed E-state index contributed by atoms with van der Waals surface area (Å²) in [5.41, 5.74) is 0.842. The van der Waals surface area contributed by atoms with Gasteiger partial charge < -0.3 is 8.85 Å². The minimum atomic E-state index is -1.77. The van der Waals surface area contributed by atoms with Gasteiger partial charge in [0.05, 0.1) is 12.2 Å². The van der Waals surface area contributed by atoms with Crippen molar-refractivity contribution in [1.29, 1.82) is 0 Å². The van der Waals surface area contributed by atoms with E-state index in [4.69, 9.17) is 32.1 Å². The molecule has 0 amide bonds. The fraction of sp³-hybridized carbons (Fsp3) is 0.600. The predicted octanol–water partition coefficient (Wildman–Crippen LogP) is 6.13. The van der Waals surface area contributed by atoms with Gasteiger partial charge in [0, 0.05) is 15.6 Å². The van der Waals surface area contributed by atoms with E-state index >= 15 is 0 Å². The number of hydrogen-bond acceptors (Lipinski definition) is 2. The zero-order valence-corrected chi connectivity index (χ0v) is 17.5. The fourth-order valence-electron chi connectivity index (χ4n) is 2.17. The molecule has 0 spiro atoms. The van der Waals surface area contributed by atoms with Crippen molar-refractivity contribution in [2.24, 2.45) is 0 Å². The highest BCUT2D eigenvalue weighted by Crippen LogP contribution is 2.37. The average molecular weight is 365 g/mol. The Bertz CT molecular complexity index is 461. The van der Waals surface area contributed by atoms with Gasteiger partial charge in [-0.05, 0) is 58.3 Å². The Labute approximate surface area is 141 Å². The maximum atomic E-state index is 6.38. The van der Waals surface area contributed by atoms with Crippen molar-refractivity contribution < 1.29 is 8.85 Å². The molecule has 1 aromatic rings. The second kappa shape index (κ2) is 7.15. The lowest BCUT2D eigenvalue weighted by molar-refractivity contribution is 0.0551. The Balaban J connectivity index is 3.19. The SMILES string of the molecule is C[C@@H](O[Si](C)(C)C)[C@H](O[Si](C)(C)C)c1c(Cl)cccc1Cl. The number of rotatable bonds is 6. The van der Waals surface area contributed by atoms with Crippen LogP contribution in [0.4, 0.5) is 0 Å². The monoisotopic (exact) mass is 364 g/mol. The van der Waals surface area contributed by atoms with Crippen molar-refractivity contribution in [1.82, 2.24) is 0 Å². The summed E-state index contributed by atoms with van der Waals surface area (Å²) < 4.78 is 12.6. The standard InChI is InChI=1S/C15H26Cl2O2Si2/c1-11(18-20(2,3)4)15(19-21(5,6)7)14-12(16)9-8-10-13(14)17/h8-11,15H,1-7H3/t11-,15+/m1/s1. The van der Waals surface area contributed by atoms with E-state index in [9.17, 15) is 0 Å². The molecule has 0 saturated carbocycles. The van der Waals surface area contributed by atoms with Crippen LogP contribution < -0.4 is 0 Å². The molecular weight excluding hydrogens is 339 g/mol. The van der Waals surface area contributed by atoms with Gasteiger partial charge in [0.25, 0.3) is 0 Å². The maximum Gasteiger partial charge on any atom is 0.184 e. The lowest BCUT2D eigenvalue weighted by atomic mass is 10.1. The van der Waals surface area contributed by atoms with Crippen molar-refractivity contribution >= 4 is 39.8 Å². The first-order valence-corrected chi connectivity index (χ1v) is 14.8. The maximum absolute atomic E-state index is 6.38. The molecule has 0 unspecified atom stereocenters. The van der Waals surface area contributed by atoms with Gasteiger partial charge >= 0.3 is 0 Å². The highest BCUT2D eigenvalue weighted by molar-refractivity contribution is 6.70. The van der Waals surface area contributed by atoms with Crippen LogP contribution in [0.15, 0.2) is 18.2 Å². The van der Waals surface area contributed by atoms with Gasteiger partial charge in [0.15, 0.2) is 16.6 Å². The molecule has 0 heterocycles. The molecule has 6 heteroatoms. The predicted molar refractivity (Wildman–Crippen MR) is 97.5 cm³/mol. The lowest BCUT2D eigenvalue weighted by Gasteiger charge is -2.35. The van der Waals surface area contributed by atoms with E-state index in [-0.39, 0.29) is 12.2 Å². The highest BCUT2D eigenvalue weighted by atomic mass is 35.5. The van der Waals surface area contributed by atoms with Crippen LogP contribution in [0.1, 0.15) is 18.6 Å². The fourth-order valence-corrected chi connectivity index (χ4v) is 5.10. The topological polar surface area (TPSA) is 18.5 Å². The summed E-state index contributed by atoms with van der Waals surface area (Å²) >= 11 is 12.8. The van der Waals surface area contributed by atoms with Crippen LogP contribution in [0.5, 0.6) is 0 Å². The summed E-state index contributed by atoms with van der Waals surface area (Å²) in [4.78, 5) is 0. The van der Waals surface area contributed by atoms with Crippen molar-refractivity contribution in [2.45, 2.75) is 58.4 Å². The van der Waals surface area contributed by atoms with E-state index in [0.717, 1.165) is 5.56 Å². The Morgan fingerprint density at radius 1 is 0.857 bits per heavy atom. The van der Waals surface area contributed by atoms with Crippen molar-refractivity contribution in [3.8, 4) is 0 Å². The van der Waals surface area contributed by atoms with Crippen molar-refractivity contribution in [3.63, 3.8) is 0 Å². The Morgan fingerprint density at radius 2 is 1.29 bits per heavy atom. The quantitative estimate of drug-likeness (QED) is 0.565. The highest BCUT2D eigenvalue weighted by Gasteiger charge is 2.33. The Hall–Kier alpha value is 0.154. The Kier molecular flexibility index (Phi) is 6.54. The van der Waals surface area contributed by atoms with Crippen molar-refractivity contribution in [3.05, 3.63) is 33.8 Å². The van der Waals surface area contributed by atoms with Gasteiger partial charge in [0.2, 0.25) is 0 Å². The minimum Gasteiger partial charge on any atom is -0.412 e. The molecule has 0 N–H and O–H groups in total. The number of halogens is 2. The smallest absolute Gasteiger partial charge is 0.184 e. The van der Waals surface area contributed by atoms with Crippen LogP contribution in [0, 0.1) is 0 Å². The molecule has 0 saturated heterocycles. The summed E-state index contributed by atoms with van der Waals surface area (Å²) in [5.74, 6) is 0. The molecule has 2 nitrogen and oxygen atoms in total. The minimum absolute atomic E-state index is 0.0826. The molecule has 0 bridgehead atoms. The zero-order valence-electron chi connectivity index (χ0n) is 14.0. The first-order valence-electron chi connectivity index (χ1n) is 7.20. The van der Waals surface area contributed by atoms with Gasteiger partial charge in [-0.3, -0.25) is 0 Å². The Morgan fingerprint density at radius 3 is 1.67 bits per heavy atom. The van der Waals surface area contributed by atoms with Gasteiger partial charge in [0.1, 0.15) is 0 Å². The third-order valence-electron chi connectivity index (χ3n) is 2.73. The zero-order chi connectivity index (χ0) is 16.4. The van der Waals surface area contributed by atoms with Gasteiger partial charge in [-0.1, -0.05) is 29.3 Å². The van der Waals surface area contributed by atoms with Gasteiger partial charge in [-0.25, -0.2) is 0 Å². The molecule has 120 valence electrons. The summed E-state index contributed by atoms with van der Waals surface area (Å²) in [6.07, 6.45) is -0.314. The molecule has 21 heavy (non-hydrogen) atoms. The third-order valence-corrected chi connectivity index (χ3v) is 5.43. The normalized spacial score (nSPS) is 15.9. The van der Waals surface area contributed by atoms with Gasteiger partial charge in [-0.15, -0.1) is 0 Å². The molecule has 2 atom stereocenters. The summed E-state index contributed by atoms with van der Waals surface area (Å²) in [5, 5.41) is 1.27. The molecule has 1 aromatic carbocycles. The second-order valence-corrected chi connectivity index (χ2v) is 17.0. The van der Waals surface area contributed by atoms with Crippen LogP contribution in [0.2, 0.25) is 49.3 Å². The van der Waals surface area contributed by atoms with Crippen LogP contribution in [0.25, 0.3) is 0 Å². The number of benzene rings is 1. The summed E-state index contributed by atoms with van der Waals surface area (Å²) in [7, 11) is -3.45. The molecule has 0 aliphatic rings. The van der Waals surface area contributed by atoms with E-state index < -0.39 is 16.6 Å². The van der Waals surface area contributed by atoms with E-state index in [1.165, 1.54) is 0 Å². The molecule has 0 aromatic heterocycles. The first kappa shape index (κ1) is 19.2. The van der Waals surface area contributed by atoms with E-state index in [0.29, 0.717) is 10.0 Å².